The number of amides is 3. The lowest BCUT2D eigenvalue weighted by Crippen LogP contribution is -2.54. The Kier molecular flexibility index (Phi) is 11.6. The molecule has 0 aromatic rings. The maximum Gasteiger partial charge on any atom is 0.327 e. The number of carboxylic acids is 1. The van der Waals surface area contributed by atoms with Crippen molar-refractivity contribution in [2.45, 2.75) is 44.3 Å². The summed E-state index contributed by atoms with van der Waals surface area (Å²) in [7, 11) is 0. The fraction of sp³-hybridized carbons (Fsp3) is 0.714. The number of thiol groups is 1. The van der Waals surface area contributed by atoms with Gasteiger partial charge in [0.1, 0.15) is 12.1 Å². The highest BCUT2D eigenvalue weighted by molar-refractivity contribution is 7.80. The van der Waals surface area contributed by atoms with E-state index in [2.05, 4.69) is 28.6 Å². The molecule has 0 saturated heterocycles. The van der Waals surface area contributed by atoms with Gasteiger partial charge in [0.25, 0.3) is 0 Å². The summed E-state index contributed by atoms with van der Waals surface area (Å²) in [5, 5.41) is 16.1. The number of nitrogens with one attached hydrogen (secondary N) is 3. The molecule has 11 heteroatoms. The molecule has 0 aliphatic rings. The third-order valence-corrected chi connectivity index (χ3v) is 3.60. The van der Waals surface area contributed by atoms with Crippen LogP contribution in [0.5, 0.6) is 0 Å². The maximum absolute atomic E-state index is 12.2. The number of carbonyl (C=O) groups excluding carboxylic acids is 3. The second-order valence-corrected chi connectivity index (χ2v) is 5.86. The Bertz CT molecular complexity index is 475. The third-order valence-electron chi connectivity index (χ3n) is 3.23. The van der Waals surface area contributed by atoms with E-state index in [0.717, 1.165) is 0 Å². The summed E-state index contributed by atoms with van der Waals surface area (Å²) in [6.07, 6.45) is 1.50. The van der Waals surface area contributed by atoms with Gasteiger partial charge in [-0.15, -0.1) is 0 Å². The van der Waals surface area contributed by atoms with Gasteiger partial charge in [-0.2, -0.15) is 12.6 Å². The van der Waals surface area contributed by atoms with Crippen molar-refractivity contribution in [2.75, 3.05) is 18.8 Å². The minimum Gasteiger partial charge on any atom is -0.480 e. The van der Waals surface area contributed by atoms with Crippen LogP contribution >= 0.6 is 12.6 Å². The van der Waals surface area contributed by atoms with Crippen LogP contribution in [0.2, 0.25) is 0 Å². The summed E-state index contributed by atoms with van der Waals surface area (Å²) >= 11 is 3.87. The van der Waals surface area contributed by atoms with E-state index in [1.54, 1.807) is 0 Å². The van der Waals surface area contributed by atoms with Gasteiger partial charge >= 0.3 is 5.97 Å². The van der Waals surface area contributed by atoms with Crippen LogP contribution in [0.15, 0.2) is 0 Å². The lowest BCUT2D eigenvalue weighted by Gasteiger charge is -2.21. The number of unbranched alkanes of at least 4 members (excludes halogenated alkanes) is 1. The molecule has 0 rings (SSSR count). The van der Waals surface area contributed by atoms with E-state index < -0.39 is 41.8 Å². The van der Waals surface area contributed by atoms with Gasteiger partial charge in [0.2, 0.25) is 17.7 Å². The molecule has 0 bridgehead atoms. The highest BCUT2D eigenvalue weighted by atomic mass is 32.1. The molecule has 0 spiro atoms. The molecule has 0 fully saturated rings. The number of hydrogen-bond donors (Lipinski definition) is 7. The second-order valence-electron chi connectivity index (χ2n) is 5.49. The average molecular weight is 377 g/mol. The number of hydrogen-bond acceptors (Lipinski definition) is 7. The van der Waals surface area contributed by atoms with E-state index in [1.807, 2.05) is 0 Å². The van der Waals surface area contributed by atoms with Crippen LogP contribution in [0.25, 0.3) is 0 Å². The molecule has 0 radical (unpaired) electrons. The van der Waals surface area contributed by atoms with Crippen LogP contribution in [-0.4, -0.2) is 65.8 Å². The lowest BCUT2D eigenvalue weighted by molar-refractivity contribution is -0.141. The van der Waals surface area contributed by atoms with Crippen LogP contribution in [-0.2, 0) is 19.2 Å². The van der Waals surface area contributed by atoms with E-state index in [4.69, 9.17) is 16.6 Å². The minimum absolute atomic E-state index is 0.0883. The topological polar surface area (TPSA) is 177 Å². The van der Waals surface area contributed by atoms with Crippen molar-refractivity contribution in [3.8, 4) is 0 Å². The smallest absolute Gasteiger partial charge is 0.327 e. The summed E-state index contributed by atoms with van der Waals surface area (Å²) in [6, 6.07) is -2.86. The van der Waals surface area contributed by atoms with Crippen LogP contribution in [0.1, 0.15) is 26.2 Å². The fourth-order valence-electron chi connectivity index (χ4n) is 1.79. The van der Waals surface area contributed by atoms with Gasteiger partial charge in [0.05, 0.1) is 12.6 Å². The Morgan fingerprint density at radius 2 is 1.72 bits per heavy atom. The molecule has 10 nitrogen and oxygen atoms in total. The first-order valence-electron chi connectivity index (χ1n) is 7.89. The molecule has 3 atom stereocenters. The predicted octanol–water partition coefficient (Wildman–Crippen LogP) is -2.44. The van der Waals surface area contributed by atoms with Crippen molar-refractivity contribution < 1.29 is 24.3 Å². The number of carbonyl (C=O) groups is 4. The van der Waals surface area contributed by atoms with Crippen LogP contribution in [0.3, 0.4) is 0 Å². The Morgan fingerprint density at radius 1 is 1.08 bits per heavy atom. The summed E-state index contributed by atoms with van der Waals surface area (Å²) in [4.78, 5) is 46.5. The van der Waals surface area contributed by atoms with Crippen molar-refractivity contribution in [3.05, 3.63) is 0 Å². The highest BCUT2D eigenvalue weighted by Gasteiger charge is 2.25. The maximum atomic E-state index is 12.2. The van der Waals surface area contributed by atoms with Gasteiger partial charge in [-0.25, -0.2) is 4.79 Å². The van der Waals surface area contributed by atoms with Gasteiger partial charge in [-0.05, 0) is 32.7 Å². The van der Waals surface area contributed by atoms with Crippen LogP contribution in [0.4, 0.5) is 0 Å². The zero-order chi connectivity index (χ0) is 19.4. The van der Waals surface area contributed by atoms with E-state index in [0.29, 0.717) is 19.4 Å². The number of nitrogens with two attached hydrogens (primary N) is 2. The minimum atomic E-state index is -1.22. The SMILES string of the molecule is CC(N)C(=O)NCC(=O)NC(CCCCN)C(=O)NC(CS)C(=O)O. The molecule has 0 saturated carbocycles. The van der Waals surface area contributed by atoms with E-state index in [9.17, 15) is 19.2 Å². The second kappa shape index (κ2) is 12.5. The molecule has 0 aliphatic carbocycles. The van der Waals surface area contributed by atoms with Crippen molar-refractivity contribution in [3.63, 3.8) is 0 Å². The largest absolute Gasteiger partial charge is 0.480 e. The molecular formula is C14H27N5O5S. The molecule has 3 amide bonds. The van der Waals surface area contributed by atoms with E-state index in [-0.39, 0.29) is 18.7 Å². The Labute approximate surface area is 151 Å². The molecule has 0 aromatic heterocycles. The first kappa shape index (κ1) is 23.1. The summed E-state index contributed by atoms with van der Waals surface area (Å²) in [5.74, 6) is -3.03. The van der Waals surface area contributed by atoms with Gasteiger partial charge < -0.3 is 32.5 Å². The first-order valence-corrected chi connectivity index (χ1v) is 8.52. The predicted molar refractivity (Wildman–Crippen MR) is 94.9 cm³/mol. The van der Waals surface area contributed by atoms with E-state index in [1.165, 1.54) is 6.92 Å². The Balaban J connectivity index is 4.74. The van der Waals surface area contributed by atoms with Gasteiger partial charge in [-0.3, -0.25) is 14.4 Å². The van der Waals surface area contributed by atoms with Gasteiger partial charge in [0, 0.05) is 5.75 Å². The number of aliphatic carboxylic acids is 1. The molecule has 0 heterocycles. The molecule has 8 N–H and O–H groups in total. The molecule has 25 heavy (non-hydrogen) atoms. The summed E-state index contributed by atoms with van der Waals surface area (Å²) < 4.78 is 0. The number of carboxylic acid groups (broad SMARTS) is 1. The van der Waals surface area contributed by atoms with E-state index >= 15 is 0 Å². The molecule has 0 aromatic carbocycles. The van der Waals surface area contributed by atoms with Crippen LogP contribution < -0.4 is 27.4 Å². The third kappa shape index (κ3) is 9.89. The molecule has 0 aliphatic heterocycles. The van der Waals surface area contributed by atoms with Crippen molar-refractivity contribution in [1.82, 2.24) is 16.0 Å². The van der Waals surface area contributed by atoms with Gasteiger partial charge in [0.15, 0.2) is 0 Å². The lowest BCUT2D eigenvalue weighted by atomic mass is 10.1. The first-order chi connectivity index (χ1) is 11.7. The molecular weight excluding hydrogens is 350 g/mol. The zero-order valence-electron chi connectivity index (χ0n) is 14.2. The normalized spacial score (nSPS) is 14.1. The Hall–Kier alpha value is -1.85. The standard InChI is InChI=1S/C14H27N5O5S/c1-8(16)12(21)17-6-11(20)18-9(4-2-3-5-15)13(22)19-10(7-25)14(23)24/h8-10,25H,2-7,15-16H2,1H3,(H,17,21)(H,18,20)(H,19,22)(H,23,24). The molecule has 3 unspecified atom stereocenters. The average Bonchev–Trinajstić information content (AvgIpc) is 2.55. The van der Waals surface area contributed by atoms with Crippen molar-refractivity contribution in [1.29, 1.82) is 0 Å². The summed E-state index contributed by atoms with van der Waals surface area (Å²) in [5.41, 5.74) is 10.8. The quantitative estimate of drug-likeness (QED) is 0.146. The highest BCUT2D eigenvalue weighted by Crippen LogP contribution is 2.02. The van der Waals surface area contributed by atoms with Gasteiger partial charge in [-0.1, -0.05) is 0 Å². The number of rotatable bonds is 12. The van der Waals surface area contributed by atoms with Crippen LogP contribution in [0, 0.1) is 0 Å². The van der Waals surface area contributed by atoms with Crippen molar-refractivity contribution in [2.24, 2.45) is 11.5 Å². The van der Waals surface area contributed by atoms with Crippen molar-refractivity contribution >= 4 is 36.3 Å². The Morgan fingerprint density at radius 3 is 2.20 bits per heavy atom. The molecule has 144 valence electrons. The fourth-order valence-corrected chi connectivity index (χ4v) is 2.04. The summed E-state index contributed by atoms with van der Waals surface area (Å²) in [6.45, 7) is 1.57. The monoisotopic (exact) mass is 377 g/mol. The zero-order valence-corrected chi connectivity index (χ0v) is 15.1.